The molecule has 0 bridgehead atoms. The van der Waals surface area contributed by atoms with E-state index in [-0.39, 0.29) is 5.56 Å². The monoisotopic (exact) mass is 360 g/mol. The van der Waals surface area contributed by atoms with Gasteiger partial charge in [-0.25, -0.2) is 4.68 Å². The second kappa shape index (κ2) is 6.55. The number of rotatable bonds is 4. The van der Waals surface area contributed by atoms with Gasteiger partial charge in [0.15, 0.2) is 5.82 Å². The normalized spacial score (nSPS) is 11.4. The number of hydrogen-bond donors (Lipinski definition) is 2. The third-order valence-corrected chi connectivity index (χ3v) is 3.89. The molecule has 3 N–H and O–H groups in total. The van der Waals surface area contributed by atoms with E-state index in [2.05, 4.69) is 10.4 Å². The van der Waals surface area contributed by atoms with Gasteiger partial charge in [-0.15, -0.1) is 5.10 Å². The fourth-order valence-corrected chi connectivity index (χ4v) is 2.53. The van der Waals surface area contributed by atoms with Gasteiger partial charge in [0.1, 0.15) is 5.56 Å². The van der Waals surface area contributed by atoms with Crippen LogP contribution in [0.1, 0.15) is 15.9 Å². The van der Waals surface area contributed by atoms with Crippen LogP contribution < -0.4 is 11.1 Å². The highest BCUT2D eigenvalue weighted by molar-refractivity contribution is 5.97. The van der Waals surface area contributed by atoms with Gasteiger partial charge in [0.05, 0.1) is 11.3 Å². The van der Waals surface area contributed by atoms with Crippen molar-refractivity contribution in [1.82, 2.24) is 9.78 Å². The third-order valence-electron chi connectivity index (χ3n) is 3.89. The van der Waals surface area contributed by atoms with Crippen LogP contribution >= 0.6 is 0 Å². The Kier molecular flexibility index (Phi) is 4.41. The first kappa shape index (κ1) is 17.5. The Morgan fingerprint density at radius 1 is 1.04 bits per heavy atom. The van der Waals surface area contributed by atoms with E-state index in [1.54, 1.807) is 31.3 Å². The van der Waals surface area contributed by atoms with Gasteiger partial charge in [-0.05, 0) is 35.4 Å². The summed E-state index contributed by atoms with van der Waals surface area (Å²) in [4.78, 5) is 11.4. The molecule has 134 valence electrons. The van der Waals surface area contributed by atoms with E-state index in [1.165, 1.54) is 23.0 Å². The maximum Gasteiger partial charge on any atom is 0.416 e. The van der Waals surface area contributed by atoms with Crippen molar-refractivity contribution in [2.24, 2.45) is 5.73 Å². The van der Waals surface area contributed by atoms with E-state index in [0.717, 1.165) is 17.7 Å². The van der Waals surface area contributed by atoms with Crippen LogP contribution in [-0.4, -0.2) is 22.7 Å². The molecule has 1 aromatic heterocycles. The fourth-order valence-electron chi connectivity index (χ4n) is 2.53. The van der Waals surface area contributed by atoms with E-state index >= 15 is 0 Å². The number of primary amides is 1. The van der Waals surface area contributed by atoms with Crippen molar-refractivity contribution in [1.29, 1.82) is 0 Å². The molecule has 0 radical (unpaired) electrons. The number of anilines is 1. The van der Waals surface area contributed by atoms with E-state index in [0.29, 0.717) is 17.1 Å². The Balaban J connectivity index is 1.88. The molecule has 3 rings (SSSR count). The molecule has 1 heterocycles. The zero-order chi connectivity index (χ0) is 18.9. The van der Waals surface area contributed by atoms with E-state index in [4.69, 9.17) is 5.73 Å². The van der Waals surface area contributed by atoms with E-state index in [9.17, 15) is 18.0 Å². The molecule has 5 nitrogen and oxygen atoms in total. The number of nitrogens with one attached hydrogen (secondary N) is 1. The van der Waals surface area contributed by atoms with Gasteiger partial charge >= 0.3 is 6.18 Å². The summed E-state index contributed by atoms with van der Waals surface area (Å²) in [6, 6.07) is 12.0. The summed E-state index contributed by atoms with van der Waals surface area (Å²) >= 11 is 0. The molecule has 0 saturated carbocycles. The Hall–Kier alpha value is -3.29. The third kappa shape index (κ3) is 3.39. The number of nitrogens with two attached hydrogens (primary N) is 1. The molecule has 3 aromatic rings. The minimum Gasteiger partial charge on any atom is -0.371 e. The Morgan fingerprint density at radius 2 is 1.58 bits per heavy atom. The quantitative estimate of drug-likeness (QED) is 0.745. The molecule has 0 aliphatic heterocycles. The molecule has 0 aliphatic carbocycles. The number of carbonyl (C=O) groups excluding carboxylic acids is 1. The highest BCUT2D eigenvalue weighted by atomic mass is 19.4. The number of halogens is 3. The number of aromatic nitrogens is 2. The summed E-state index contributed by atoms with van der Waals surface area (Å²) in [5.74, 6) is -0.230. The summed E-state index contributed by atoms with van der Waals surface area (Å²) < 4.78 is 39.4. The minimum atomic E-state index is -4.36. The highest BCUT2D eigenvalue weighted by Crippen LogP contribution is 2.31. The molecule has 0 aliphatic rings. The zero-order valence-corrected chi connectivity index (χ0v) is 13.7. The molecule has 2 aromatic carbocycles. The van der Waals surface area contributed by atoms with Crippen molar-refractivity contribution >= 4 is 11.7 Å². The van der Waals surface area contributed by atoms with Gasteiger partial charge in [0.2, 0.25) is 0 Å². The number of nitrogens with zero attached hydrogens (tertiary/aromatic N) is 2. The lowest BCUT2D eigenvalue weighted by atomic mass is 10.0. The minimum absolute atomic E-state index is 0.263. The van der Waals surface area contributed by atoms with Crippen LogP contribution in [0.3, 0.4) is 0 Å². The lowest BCUT2D eigenvalue weighted by molar-refractivity contribution is -0.137. The Labute approximate surface area is 147 Å². The molecule has 1 amide bonds. The van der Waals surface area contributed by atoms with Crippen LogP contribution in [-0.2, 0) is 6.18 Å². The van der Waals surface area contributed by atoms with Gasteiger partial charge < -0.3 is 11.1 Å². The van der Waals surface area contributed by atoms with Crippen LogP contribution in [0.4, 0.5) is 19.0 Å². The number of amides is 1. The van der Waals surface area contributed by atoms with Crippen molar-refractivity contribution < 1.29 is 18.0 Å². The van der Waals surface area contributed by atoms with Gasteiger partial charge in [0.25, 0.3) is 5.91 Å². The molecule has 0 spiro atoms. The van der Waals surface area contributed by atoms with Crippen LogP contribution in [0.15, 0.2) is 54.7 Å². The lowest BCUT2D eigenvalue weighted by Gasteiger charge is -2.08. The highest BCUT2D eigenvalue weighted by Gasteiger charge is 2.29. The SMILES string of the molecule is CNc1nn(-c2ccc(-c3ccc(C(F)(F)F)cc3)cc2)cc1C(N)=O. The molecule has 0 unspecified atom stereocenters. The molecule has 0 fully saturated rings. The first-order valence-electron chi connectivity index (χ1n) is 7.65. The Morgan fingerprint density at radius 3 is 2.00 bits per heavy atom. The average molecular weight is 360 g/mol. The van der Waals surface area contributed by atoms with E-state index < -0.39 is 17.6 Å². The van der Waals surface area contributed by atoms with Crippen LogP contribution in [0.25, 0.3) is 16.8 Å². The molecular weight excluding hydrogens is 345 g/mol. The smallest absolute Gasteiger partial charge is 0.371 e. The second-order valence-electron chi connectivity index (χ2n) is 5.57. The van der Waals surface area contributed by atoms with Crippen molar-refractivity contribution in [3.63, 3.8) is 0 Å². The number of benzene rings is 2. The van der Waals surface area contributed by atoms with Gasteiger partial charge in [-0.2, -0.15) is 13.2 Å². The number of carbonyl (C=O) groups is 1. The molecular formula is C18H15F3N4O. The summed E-state index contributed by atoms with van der Waals surface area (Å²) in [6.07, 6.45) is -2.84. The number of alkyl halides is 3. The molecule has 0 saturated heterocycles. The summed E-state index contributed by atoms with van der Waals surface area (Å²) in [7, 11) is 1.63. The van der Waals surface area contributed by atoms with Crippen molar-refractivity contribution in [2.75, 3.05) is 12.4 Å². The van der Waals surface area contributed by atoms with Crippen molar-refractivity contribution in [3.05, 3.63) is 65.9 Å². The van der Waals surface area contributed by atoms with Gasteiger partial charge in [0, 0.05) is 13.2 Å². The van der Waals surface area contributed by atoms with Gasteiger partial charge in [-0.1, -0.05) is 24.3 Å². The zero-order valence-electron chi connectivity index (χ0n) is 13.7. The molecule has 8 heteroatoms. The first-order valence-corrected chi connectivity index (χ1v) is 7.65. The predicted octanol–water partition coefficient (Wildman–Crippen LogP) is 3.70. The standard InChI is InChI=1S/C18H15F3N4O/c1-23-17-15(16(22)26)10-25(24-17)14-8-4-12(5-9-14)11-2-6-13(7-3-11)18(19,20)21/h2-10H,1H3,(H2,22,26)(H,23,24). The van der Waals surface area contributed by atoms with Crippen LogP contribution in [0.5, 0.6) is 0 Å². The van der Waals surface area contributed by atoms with Crippen LogP contribution in [0.2, 0.25) is 0 Å². The first-order chi connectivity index (χ1) is 12.3. The van der Waals surface area contributed by atoms with Crippen molar-refractivity contribution in [2.45, 2.75) is 6.18 Å². The van der Waals surface area contributed by atoms with Gasteiger partial charge in [-0.3, -0.25) is 4.79 Å². The lowest BCUT2D eigenvalue weighted by Crippen LogP contribution is -2.11. The summed E-state index contributed by atoms with van der Waals surface area (Å²) in [5, 5.41) is 7.04. The largest absolute Gasteiger partial charge is 0.416 e. The summed E-state index contributed by atoms with van der Waals surface area (Å²) in [6.45, 7) is 0. The van der Waals surface area contributed by atoms with Crippen LogP contribution in [0, 0.1) is 0 Å². The fraction of sp³-hybridized carbons (Fsp3) is 0.111. The Bertz CT molecular complexity index is 929. The average Bonchev–Trinajstić information content (AvgIpc) is 3.06. The maximum atomic E-state index is 12.6. The number of hydrogen-bond acceptors (Lipinski definition) is 3. The predicted molar refractivity (Wildman–Crippen MR) is 92.1 cm³/mol. The maximum absolute atomic E-state index is 12.6. The summed E-state index contributed by atoms with van der Waals surface area (Å²) in [5.41, 5.74) is 7.00. The van der Waals surface area contributed by atoms with E-state index in [1.807, 2.05) is 0 Å². The second-order valence-corrected chi connectivity index (χ2v) is 5.57. The topological polar surface area (TPSA) is 72.9 Å². The molecule has 26 heavy (non-hydrogen) atoms. The van der Waals surface area contributed by atoms with Crippen molar-refractivity contribution in [3.8, 4) is 16.8 Å². The molecule has 0 atom stereocenters.